The van der Waals surface area contributed by atoms with Gasteiger partial charge in [-0.15, -0.1) is 6.58 Å². The predicted molar refractivity (Wildman–Crippen MR) is 56.2 cm³/mol. The van der Waals surface area contributed by atoms with Gasteiger partial charge in [0.15, 0.2) is 0 Å². The molecule has 5 heteroatoms. The Morgan fingerprint density at radius 2 is 2.07 bits per heavy atom. The van der Waals surface area contributed by atoms with E-state index in [2.05, 4.69) is 6.58 Å². The summed E-state index contributed by atoms with van der Waals surface area (Å²) in [5.41, 5.74) is 0.260. The summed E-state index contributed by atoms with van der Waals surface area (Å²) in [4.78, 5) is 17.6. The molecule has 0 bridgehead atoms. The van der Waals surface area contributed by atoms with Gasteiger partial charge in [-0.05, 0) is 11.6 Å². The molecule has 0 aliphatic heterocycles. The van der Waals surface area contributed by atoms with E-state index in [-0.39, 0.29) is 5.56 Å². The summed E-state index contributed by atoms with van der Waals surface area (Å²) in [6.45, 7) is 3.45. The minimum Gasteiger partial charge on any atom is -0.324 e. The summed E-state index contributed by atoms with van der Waals surface area (Å²) in [6.07, 6.45) is 0.926. The smallest absolute Gasteiger partial charge is 0.324 e. The van der Waals surface area contributed by atoms with Gasteiger partial charge in [-0.3, -0.25) is 4.57 Å². The summed E-state index contributed by atoms with van der Waals surface area (Å²) in [5.74, 6) is -1.14. The van der Waals surface area contributed by atoms with Crippen molar-refractivity contribution < 1.29 is 18.7 Å². The zero-order chi connectivity index (χ0) is 11.5. The highest BCUT2D eigenvalue weighted by atomic mass is 31.2. The van der Waals surface area contributed by atoms with Crippen molar-refractivity contribution in [2.75, 3.05) is 6.16 Å². The van der Waals surface area contributed by atoms with E-state index in [1.807, 2.05) is 0 Å². The maximum absolute atomic E-state index is 13.3. The predicted octanol–water partition coefficient (Wildman–Crippen LogP) is 2.27. The van der Waals surface area contributed by atoms with Crippen LogP contribution in [0, 0.1) is 5.82 Å². The fourth-order valence-corrected chi connectivity index (χ4v) is 2.19. The zero-order valence-electron chi connectivity index (χ0n) is 8.01. The SMILES string of the molecule is C=CC(CP(=O)(O)O)c1ccccc1F. The molecule has 1 aromatic carbocycles. The molecule has 0 amide bonds. The van der Waals surface area contributed by atoms with Crippen LogP contribution in [-0.2, 0) is 4.57 Å². The monoisotopic (exact) mass is 230 g/mol. The first-order chi connectivity index (χ1) is 6.94. The zero-order valence-corrected chi connectivity index (χ0v) is 8.90. The van der Waals surface area contributed by atoms with Crippen molar-refractivity contribution in [1.82, 2.24) is 0 Å². The largest absolute Gasteiger partial charge is 0.326 e. The van der Waals surface area contributed by atoms with Gasteiger partial charge in [0.2, 0.25) is 0 Å². The van der Waals surface area contributed by atoms with Gasteiger partial charge in [-0.1, -0.05) is 24.3 Å². The molecule has 15 heavy (non-hydrogen) atoms. The molecule has 82 valence electrons. The van der Waals surface area contributed by atoms with Crippen LogP contribution < -0.4 is 0 Å². The summed E-state index contributed by atoms with van der Waals surface area (Å²) in [6, 6.07) is 5.90. The molecule has 0 aromatic heterocycles. The lowest BCUT2D eigenvalue weighted by Crippen LogP contribution is -2.04. The molecule has 0 saturated carbocycles. The second-order valence-corrected chi connectivity index (χ2v) is 4.91. The van der Waals surface area contributed by atoms with Crippen LogP contribution >= 0.6 is 7.60 Å². The molecular formula is C10H12FO3P. The fraction of sp³-hybridized carbons (Fsp3) is 0.200. The van der Waals surface area contributed by atoms with Crippen molar-refractivity contribution in [3.8, 4) is 0 Å². The highest BCUT2D eigenvalue weighted by Gasteiger charge is 2.22. The van der Waals surface area contributed by atoms with Crippen LogP contribution in [0.4, 0.5) is 4.39 Å². The Hall–Kier alpha value is -0.960. The van der Waals surface area contributed by atoms with E-state index in [0.29, 0.717) is 0 Å². The lowest BCUT2D eigenvalue weighted by atomic mass is 10.0. The topological polar surface area (TPSA) is 57.5 Å². The minimum atomic E-state index is -4.16. The van der Waals surface area contributed by atoms with Gasteiger partial charge in [0, 0.05) is 5.92 Å². The summed E-state index contributed by atoms with van der Waals surface area (Å²) < 4.78 is 24.1. The van der Waals surface area contributed by atoms with Crippen molar-refractivity contribution >= 4 is 7.60 Å². The molecule has 0 spiro atoms. The molecule has 0 aliphatic rings. The van der Waals surface area contributed by atoms with Crippen LogP contribution in [0.2, 0.25) is 0 Å². The number of rotatable bonds is 4. The molecule has 0 radical (unpaired) electrons. The maximum atomic E-state index is 13.3. The van der Waals surface area contributed by atoms with Gasteiger partial charge >= 0.3 is 7.60 Å². The third-order valence-corrected chi connectivity index (χ3v) is 2.89. The first-order valence-electron chi connectivity index (χ1n) is 4.35. The van der Waals surface area contributed by atoms with E-state index in [9.17, 15) is 8.96 Å². The van der Waals surface area contributed by atoms with E-state index >= 15 is 0 Å². The number of allylic oxidation sites excluding steroid dienone is 1. The Balaban J connectivity index is 2.98. The Labute approximate surface area is 87.4 Å². The number of benzene rings is 1. The van der Waals surface area contributed by atoms with Crippen LogP contribution in [0.3, 0.4) is 0 Å². The molecule has 3 nitrogen and oxygen atoms in total. The van der Waals surface area contributed by atoms with Crippen molar-refractivity contribution in [2.45, 2.75) is 5.92 Å². The van der Waals surface area contributed by atoms with Crippen LogP contribution in [0.15, 0.2) is 36.9 Å². The second kappa shape index (κ2) is 4.71. The summed E-state index contributed by atoms with van der Waals surface area (Å²) in [5, 5.41) is 0. The van der Waals surface area contributed by atoms with Crippen LogP contribution in [0.1, 0.15) is 11.5 Å². The van der Waals surface area contributed by atoms with Crippen molar-refractivity contribution in [3.63, 3.8) is 0 Å². The Kier molecular flexibility index (Phi) is 3.80. The Bertz CT molecular complexity index is 399. The molecule has 2 N–H and O–H groups in total. The summed E-state index contributed by atoms with van der Waals surface area (Å²) >= 11 is 0. The third kappa shape index (κ3) is 3.59. The van der Waals surface area contributed by atoms with Crippen LogP contribution in [0.5, 0.6) is 0 Å². The lowest BCUT2D eigenvalue weighted by molar-refractivity contribution is 0.371. The molecule has 0 heterocycles. The van der Waals surface area contributed by atoms with Crippen molar-refractivity contribution in [1.29, 1.82) is 0 Å². The Morgan fingerprint density at radius 1 is 1.47 bits per heavy atom. The van der Waals surface area contributed by atoms with Gasteiger partial charge in [0.25, 0.3) is 0 Å². The third-order valence-electron chi connectivity index (χ3n) is 2.02. The summed E-state index contributed by atoms with van der Waals surface area (Å²) in [7, 11) is -4.16. The molecule has 0 aliphatic carbocycles. The van der Waals surface area contributed by atoms with Gasteiger partial charge in [-0.2, -0.15) is 0 Å². The normalized spacial score (nSPS) is 13.5. The maximum Gasteiger partial charge on any atom is 0.326 e. The first kappa shape index (κ1) is 12.1. The van der Waals surface area contributed by atoms with E-state index in [1.54, 1.807) is 6.07 Å². The molecule has 1 rings (SSSR count). The van der Waals surface area contributed by atoms with Gasteiger partial charge < -0.3 is 9.79 Å². The molecule has 1 aromatic rings. The molecule has 0 saturated heterocycles. The molecule has 0 fully saturated rings. The number of halogens is 1. The van der Waals surface area contributed by atoms with Crippen LogP contribution in [-0.4, -0.2) is 15.9 Å². The highest BCUT2D eigenvalue weighted by Crippen LogP contribution is 2.40. The number of hydrogen-bond donors (Lipinski definition) is 2. The number of hydrogen-bond acceptors (Lipinski definition) is 1. The minimum absolute atomic E-state index is 0.260. The Morgan fingerprint density at radius 3 is 2.53 bits per heavy atom. The highest BCUT2D eigenvalue weighted by molar-refractivity contribution is 7.51. The van der Waals surface area contributed by atoms with Crippen molar-refractivity contribution in [3.05, 3.63) is 48.3 Å². The quantitative estimate of drug-likeness (QED) is 0.616. The standard InChI is InChI=1S/C10H12FO3P/c1-2-8(7-15(12,13)14)9-5-3-4-6-10(9)11/h2-6,8H,1,7H2,(H2,12,13,14). The average molecular weight is 230 g/mol. The van der Waals surface area contributed by atoms with E-state index in [1.165, 1.54) is 24.3 Å². The van der Waals surface area contributed by atoms with Gasteiger partial charge in [0.05, 0.1) is 6.16 Å². The molecule has 1 unspecified atom stereocenters. The molecule has 1 atom stereocenters. The van der Waals surface area contributed by atoms with Gasteiger partial charge in [0.1, 0.15) is 5.82 Å². The lowest BCUT2D eigenvalue weighted by Gasteiger charge is -2.14. The second-order valence-electron chi connectivity index (χ2n) is 3.21. The van der Waals surface area contributed by atoms with E-state index in [0.717, 1.165) is 0 Å². The average Bonchev–Trinajstić information content (AvgIpc) is 2.14. The van der Waals surface area contributed by atoms with Crippen molar-refractivity contribution in [2.24, 2.45) is 0 Å². The first-order valence-corrected chi connectivity index (χ1v) is 6.15. The molecular weight excluding hydrogens is 218 g/mol. The van der Waals surface area contributed by atoms with E-state index < -0.39 is 25.5 Å². The van der Waals surface area contributed by atoms with Gasteiger partial charge in [-0.25, -0.2) is 4.39 Å². The van der Waals surface area contributed by atoms with Crippen LogP contribution in [0.25, 0.3) is 0 Å². The van der Waals surface area contributed by atoms with E-state index in [4.69, 9.17) is 9.79 Å². The fourth-order valence-electron chi connectivity index (χ4n) is 1.33.